The first-order chi connectivity index (χ1) is 9.02. The standard InChI is InChI=1S/C14H16BrN3S.HI/c1-9-5-10(2)7-11(6-9)18-14(16)17-8-12-3-4-13(15)19-12;/h3-7H,8H2,1-2H3,(H3,16,17,18);1H. The van der Waals surface area contributed by atoms with Gasteiger partial charge >= 0.3 is 0 Å². The number of aryl methyl sites for hydroxylation is 2. The van der Waals surface area contributed by atoms with Crippen molar-refractivity contribution < 1.29 is 0 Å². The smallest absolute Gasteiger partial charge is 0.193 e. The van der Waals surface area contributed by atoms with E-state index in [9.17, 15) is 0 Å². The molecule has 0 aliphatic rings. The van der Waals surface area contributed by atoms with E-state index in [0.29, 0.717) is 12.5 Å². The topological polar surface area (TPSA) is 50.4 Å². The summed E-state index contributed by atoms with van der Waals surface area (Å²) in [7, 11) is 0. The minimum absolute atomic E-state index is 0. The summed E-state index contributed by atoms with van der Waals surface area (Å²) < 4.78 is 1.11. The number of rotatable bonds is 3. The quantitative estimate of drug-likeness (QED) is 0.393. The first-order valence-corrected chi connectivity index (χ1v) is 7.53. The van der Waals surface area contributed by atoms with Gasteiger partial charge in [0.25, 0.3) is 0 Å². The average Bonchev–Trinajstić information content (AvgIpc) is 2.71. The third-order valence-electron chi connectivity index (χ3n) is 2.53. The van der Waals surface area contributed by atoms with Crippen LogP contribution in [-0.4, -0.2) is 5.96 Å². The van der Waals surface area contributed by atoms with Crippen LogP contribution in [0.3, 0.4) is 0 Å². The molecule has 6 heteroatoms. The van der Waals surface area contributed by atoms with Crippen LogP contribution in [0.5, 0.6) is 0 Å². The number of hydrogen-bond acceptors (Lipinski definition) is 2. The van der Waals surface area contributed by atoms with Gasteiger partial charge in [-0.15, -0.1) is 35.3 Å². The molecule has 1 heterocycles. The van der Waals surface area contributed by atoms with Gasteiger partial charge in [-0.05, 0) is 65.2 Å². The Morgan fingerprint density at radius 2 is 1.90 bits per heavy atom. The maximum absolute atomic E-state index is 5.89. The van der Waals surface area contributed by atoms with Crippen LogP contribution < -0.4 is 11.1 Å². The van der Waals surface area contributed by atoms with E-state index in [2.05, 4.69) is 58.3 Å². The predicted molar refractivity (Wildman–Crippen MR) is 102 cm³/mol. The molecule has 3 nitrogen and oxygen atoms in total. The molecular formula is C14H17BrIN3S. The molecular weight excluding hydrogens is 449 g/mol. The Labute approximate surface area is 148 Å². The molecule has 108 valence electrons. The van der Waals surface area contributed by atoms with Crippen molar-refractivity contribution in [2.75, 3.05) is 5.32 Å². The Kier molecular flexibility index (Phi) is 6.97. The van der Waals surface area contributed by atoms with E-state index in [1.54, 1.807) is 11.3 Å². The van der Waals surface area contributed by atoms with E-state index in [0.717, 1.165) is 9.47 Å². The number of aliphatic imine (C=N–C) groups is 1. The average molecular weight is 466 g/mol. The highest BCUT2D eigenvalue weighted by Crippen LogP contribution is 2.22. The lowest BCUT2D eigenvalue weighted by Crippen LogP contribution is -2.22. The maximum Gasteiger partial charge on any atom is 0.193 e. The molecule has 0 radical (unpaired) electrons. The monoisotopic (exact) mass is 465 g/mol. The highest BCUT2D eigenvalue weighted by atomic mass is 127. The molecule has 1 aromatic carbocycles. The summed E-state index contributed by atoms with van der Waals surface area (Å²) in [4.78, 5) is 5.51. The fourth-order valence-electron chi connectivity index (χ4n) is 1.83. The number of guanidine groups is 1. The molecule has 2 aromatic rings. The van der Waals surface area contributed by atoms with Crippen molar-refractivity contribution >= 4 is 62.9 Å². The van der Waals surface area contributed by atoms with Gasteiger partial charge < -0.3 is 11.1 Å². The number of anilines is 1. The molecule has 0 saturated heterocycles. The minimum Gasteiger partial charge on any atom is -0.370 e. The second-order valence-corrected chi connectivity index (χ2v) is 6.96. The highest BCUT2D eigenvalue weighted by molar-refractivity contribution is 14.0. The van der Waals surface area contributed by atoms with Crippen LogP contribution in [0.15, 0.2) is 39.1 Å². The van der Waals surface area contributed by atoms with E-state index >= 15 is 0 Å². The molecule has 0 fully saturated rings. The lowest BCUT2D eigenvalue weighted by molar-refractivity contribution is 1.09. The normalized spacial score (nSPS) is 11.1. The van der Waals surface area contributed by atoms with Crippen molar-refractivity contribution in [2.24, 2.45) is 10.7 Å². The Morgan fingerprint density at radius 3 is 2.45 bits per heavy atom. The SMILES string of the molecule is Cc1cc(C)cc(NC(N)=NCc2ccc(Br)s2)c1.I. The summed E-state index contributed by atoms with van der Waals surface area (Å²) in [5, 5.41) is 3.12. The van der Waals surface area contributed by atoms with Gasteiger partial charge in [-0.25, -0.2) is 4.99 Å². The van der Waals surface area contributed by atoms with Gasteiger partial charge in [0.1, 0.15) is 0 Å². The van der Waals surface area contributed by atoms with Gasteiger partial charge in [0, 0.05) is 10.6 Å². The first-order valence-electron chi connectivity index (χ1n) is 5.92. The molecule has 0 saturated carbocycles. The lowest BCUT2D eigenvalue weighted by atomic mass is 10.1. The Morgan fingerprint density at radius 1 is 1.25 bits per heavy atom. The van der Waals surface area contributed by atoms with Crippen molar-refractivity contribution in [3.63, 3.8) is 0 Å². The molecule has 0 bridgehead atoms. The van der Waals surface area contributed by atoms with Crippen LogP contribution in [0.2, 0.25) is 0 Å². The fourth-order valence-corrected chi connectivity index (χ4v) is 3.24. The summed E-state index contributed by atoms with van der Waals surface area (Å²) in [6.07, 6.45) is 0. The summed E-state index contributed by atoms with van der Waals surface area (Å²) in [6, 6.07) is 10.3. The van der Waals surface area contributed by atoms with Crippen molar-refractivity contribution in [2.45, 2.75) is 20.4 Å². The van der Waals surface area contributed by atoms with Crippen LogP contribution >= 0.6 is 51.2 Å². The Hall–Kier alpha value is -0.600. The van der Waals surface area contributed by atoms with Crippen LogP contribution in [0.25, 0.3) is 0 Å². The Bertz CT molecular complexity index is 590. The Balaban J connectivity index is 0.00000200. The second-order valence-electron chi connectivity index (χ2n) is 4.41. The molecule has 3 N–H and O–H groups in total. The predicted octanol–water partition coefficient (Wildman–Crippen LogP) is 4.67. The molecule has 2 rings (SSSR count). The van der Waals surface area contributed by atoms with Crippen LogP contribution in [-0.2, 0) is 6.54 Å². The van der Waals surface area contributed by atoms with Gasteiger partial charge in [0.2, 0.25) is 0 Å². The number of thiophene rings is 1. The summed E-state index contributed by atoms with van der Waals surface area (Å²) >= 11 is 5.10. The molecule has 0 atom stereocenters. The number of hydrogen-bond donors (Lipinski definition) is 2. The van der Waals surface area contributed by atoms with E-state index in [1.165, 1.54) is 16.0 Å². The van der Waals surface area contributed by atoms with E-state index in [1.807, 2.05) is 12.1 Å². The fraction of sp³-hybridized carbons (Fsp3) is 0.214. The molecule has 0 aliphatic carbocycles. The van der Waals surface area contributed by atoms with Gasteiger partial charge in [-0.1, -0.05) is 6.07 Å². The summed E-state index contributed by atoms with van der Waals surface area (Å²) in [5.41, 5.74) is 9.28. The molecule has 0 aliphatic heterocycles. The van der Waals surface area contributed by atoms with E-state index in [-0.39, 0.29) is 24.0 Å². The number of nitrogens with one attached hydrogen (secondary N) is 1. The first kappa shape index (κ1) is 17.5. The number of halogens is 2. The number of nitrogens with zero attached hydrogens (tertiary/aromatic N) is 1. The summed E-state index contributed by atoms with van der Waals surface area (Å²) in [5.74, 6) is 0.439. The van der Waals surface area contributed by atoms with Gasteiger partial charge in [-0.2, -0.15) is 0 Å². The van der Waals surface area contributed by atoms with Crippen molar-refractivity contribution in [1.29, 1.82) is 0 Å². The van der Waals surface area contributed by atoms with Crippen LogP contribution in [0.4, 0.5) is 5.69 Å². The third kappa shape index (κ3) is 5.41. The summed E-state index contributed by atoms with van der Waals surface area (Å²) in [6.45, 7) is 4.73. The van der Waals surface area contributed by atoms with E-state index in [4.69, 9.17) is 5.73 Å². The second kappa shape index (κ2) is 7.99. The van der Waals surface area contributed by atoms with Gasteiger partial charge in [0.15, 0.2) is 5.96 Å². The van der Waals surface area contributed by atoms with Gasteiger partial charge in [0.05, 0.1) is 10.3 Å². The number of nitrogens with two attached hydrogens (primary N) is 1. The molecule has 1 aromatic heterocycles. The largest absolute Gasteiger partial charge is 0.370 e. The van der Waals surface area contributed by atoms with Crippen LogP contribution in [0, 0.1) is 13.8 Å². The van der Waals surface area contributed by atoms with Crippen molar-refractivity contribution in [3.05, 3.63) is 50.1 Å². The molecule has 0 unspecified atom stereocenters. The minimum atomic E-state index is 0. The van der Waals surface area contributed by atoms with Crippen molar-refractivity contribution in [1.82, 2.24) is 0 Å². The van der Waals surface area contributed by atoms with Gasteiger partial charge in [-0.3, -0.25) is 0 Å². The van der Waals surface area contributed by atoms with E-state index < -0.39 is 0 Å². The zero-order chi connectivity index (χ0) is 13.8. The third-order valence-corrected chi connectivity index (χ3v) is 4.14. The highest BCUT2D eigenvalue weighted by Gasteiger charge is 1.99. The molecule has 0 amide bonds. The maximum atomic E-state index is 5.89. The molecule has 20 heavy (non-hydrogen) atoms. The molecule has 0 spiro atoms. The zero-order valence-electron chi connectivity index (χ0n) is 11.3. The van der Waals surface area contributed by atoms with Crippen LogP contribution in [0.1, 0.15) is 16.0 Å². The van der Waals surface area contributed by atoms with Crippen molar-refractivity contribution in [3.8, 4) is 0 Å². The zero-order valence-corrected chi connectivity index (χ0v) is 16.0. The lowest BCUT2D eigenvalue weighted by Gasteiger charge is -2.07. The number of benzene rings is 1.